The highest BCUT2D eigenvalue weighted by atomic mass is 28.3. The van der Waals surface area contributed by atoms with E-state index in [1.165, 1.54) is 6.20 Å². The van der Waals surface area contributed by atoms with Crippen molar-refractivity contribution in [2.75, 3.05) is 6.61 Å². The number of aromatic nitrogens is 2. The third-order valence-electron chi connectivity index (χ3n) is 3.08. The van der Waals surface area contributed by atoms with Crippen LogP contribution in [-0.4, -0.2) is 35.5 Å². The van der Waals surface area contributed by atoms with Gasteiger partial charge in [-0.2, -0.15) is 5.10 Å². The van der Waals surface area contributed by atoms with E-state index in [1.54, 1.807) is 4.68 Å². The van der Waals surface area contributed by atoms with Crippen molar-refractivity contribution in [2.24, 2.45) is 0 Å². The quantitative estimate of drug-likeness (QED) is 0.617. The van der Waals surface area contributed by atoms with Gasteiger partial charge in [0.15, 0.2) is 0 Å². The normalized spacial score (nSPS) is 14.4. The van der Waals surface area contributed by atoms with Crippen LogP contribution in [0.3, 0.4) is 0 Å². The number of carboxylic acids is 1. The molecule has 0 atom stereocenters. The van der Waals surface area contributed by atoms with Crippen molar-refractivity contribution in [1.82, 2.24) is 15.1 Å². The van der Waals surface area contributed by atoms with Crippen LogP contribution < -0.4 is 5.32 Å². The number of nitrogens with one attached hydrogen (secondary N) is 1. The SMILES string of the molecule is C[Si](C)(C)CCOCn1cc2c(n1)C(C(=O)O)=CNC2. The van der Waals surface area contributed by atoms with Gasteiger partial charge < -0.3 is 15.2 Å². The molecule has 1 aliphatic rings. The molecule has 0 fully saturated rings. The van der Waals surface area contributed by atoms with E-state index in [4.69, 9.17) is 9.84 Å². The molecule has 1 aromatic heterocycles. The summed E-state index contributed by atoms with van der Waals surface area (Å²) in [6, 6.07) is 1.11. The van der Waals surface area contributed by atoms with E-state index >= 15 is 0 Å². The zero-order chi connectivity index (χ0) is 14.8. The lowest BCUT2D eigenvalue weighted by Crippen LogP contribution is -2.22. The summed E-state index contributed by atoms with van der Waals surface area (Å²) >= 11 is 0. The minimum Gasteiger partial charge on any atom is -0.478 e. The molecule has 0 aliphatic carbocycles. The molecule has 0 amide bonds. The molecule has 6 nitrogen and oxygen atoms in total. The lowest BCUT2D eigenvalue weighted by Gasteiger charge is -2.15. The molecule has 20 heavy (non-hydrogen) atoms. The first-order chi connectivity index (χ1) is 9.37. The van der Waals surface area contributed by atoms with Gasteiger partial charge in [-0.1, -0.05) is 19.6 Å². The minimum atomic E-state index is -1.08. The minimum absolute atomic E-state index is 0.201. The maximum atomic E-state index is 11.1. The molecule has 110 valence electrons. The molecule has 2 N–H and O–H groups in total. The Kier molecular flexibility index (Phi) is 4.29. The van der Waals surface area contributed by atoms with Gasteiger partial charge in [-0.25, -0.2) is 9.48 Å². The maximum absolute atomic E-state index is 11.1. The molecule has 1 aliphatic heterocycles. The average Bonchev–Trinajstić information content (AvgIpc) is 2.75. The number of carbonyl (C=O) groups is 1. The fourth-order valence-electron chi connectivity index (χ4n) is 1.92. The number of hydrogen-bond acceptors (Lipinski definition) is 4. The summed E-state index contributed by atoms with van der Waals surface area (Å²) in [6.07, 6.45) is 3.33. The smallest absolute Gasteiger partial charge is 0.339 e. The van der Waals surface area contributed by atoms with E-state index in [9.17, 15) is 4.79 Å². The molecule has 2 heterocycles. The number of carboxylic acid groups (broad SMARTS) is 1. The summed E-state index contributed by atoms with van der Waals surface area (Å²) in [5.74, 6) is -0.969. The van der Waals surface area contributed by atoms with Crippen LogP contribution in [0.25, 0.3) is 5.57 Å². The topological polar surface area (TPSA) is 76.4 Å². The number of nitrogens with zero attached hydrogens (tertiary/aromatic N) is 2. The molecule has 0 saturated carbocycles. The van der Waals surface area contributed by atoms with Crippen molar-refractivity contribution in [2.45, 2.75) is 39.0 Å². The van der Waals surface area contributed by atoms with Gasteiger partial charge in [-0.3, -0.25) is 0 Å². The van der Waals surface area contributed by atoms with Crippen molar-refractivity contribution >= 4 is 19.6 Å². The summed E-state index contributed by atoms with van der Waals surface area (Å²) in [5.41, 5.74) is 1.62. The first-order valence-corrected chi connectivity index (χ1v) is 10.4. The van der Waals surface area contributed by atoms with Crippen LogP contribution in [0, 0.1) is 0 Å². The molecule has 0 unspecified atom stereocenters. The fourth-order valence-corrected chi connectivity index (χ4v) is 2.67. The Hall–Kier alpha value is -1.60. The Bertz CT molecular complexity index is 531. The van der Waals surface area contributed by atoms with Gasteiger partial charge in [0.2, 0.25) is 0 Å². The third-order valence-corrected chi connectivity index (χ3v) is 4.79. The van der Waals surface area contributed by atoms with E-state index in [-0.39, 0.29) is 5.57 Å². The van der Waals surface area contributed by atoms with Gasteiger partial charge in [0.05, 0.1) is 0 Å². The molecule has 0 saturated heterocycles. The van der Waals surface area contributed by atoms with Gasteiger partial charge in [0.1, 0.15) is 18.0 Å². The van der Waals surface area contributed by atoms with Crippen molar-refractivity contribution in [3.63, 3.8) is 0 Å². The van der Waals surface area contributed by atoms with Crippen molar-refractivity contribution in [3.05, 3.63) is 23.7 Å². The lowest BCUT2D eigenvalue weighted by atomic mass is 10.1. The fraction of sp³-hybridized carbons (Fsp3) is 0.538. The van der Waals surface area contributed by atoms with Gasteiger partial charge in [-0.05, 0) is 6.04 Å². The molecule has 0 spiro atoms. The largest absolute Gasteiger partial charge is 0.478 e. The van der Waals surface area contributed by atoms with Crippen LogP contribution in [0.1, 0.15) is 11.3 Å². The number of ether oxygens (including phenoxy) is 1. The second kappa shape index (κ2) is 5.80. The van der Waals surface area contributed by atoms with Gasteiger partial charge in [0, 0.05) is 39.2 Å². The van der Waals surface area contributed by atoms with Crippen molar-refractivity contribution in [3.8, 4) is 0 Å². The zero-order valence-electron chi connectivity index (χ0n) is 12.1. The summed E-state index contributed by atoms with van der Waals surface area (Å²) in [7, 11) is -1.08. The highest BCUT2D eigenvalue weighted by Gasteiger charge is 2.22. The summed E-state index contributed by atoms with van der Waals surface area (Å²) in [4.78, 5) is 11.1. The molecule has 0 bridgehead atoms. The molecule has 0 radical (unpaired) electrons. The first-order valence-electron chi connectivity index (χ1n) is 6.68. The van der Waals surface area contributed by atoms with Crippen LogP contribution in [0.4, 0.5) is 0 Å². The molecule has 1 aromatic rings. The summed E-state index contributed by atoms with van der Waals surface area (Å²) in [6.45, 7) is 8.60. The molecule has 2 rings (SSSR count). The second-order valence-corrected chi connectivity index (χ2v) is 11.8. The van der Waals surface area contributed by atoms with Crippen molar-refractivity contribution in [1.29, 1.82) is 0 Å². The first kappa shape index (κ1) is 14.8. The Morgan fingerprint density at radius 2 is 2.30 bits per heavy atom. The highest BCUT2D eigenvalue weighted by molar-refractivity contribution is 6.76. The third kappa shape index (κ3) is 3.70. The number of aliphatic carboxylic acids is 1. The van der Waals surface area contributed by atoms with E-state index in [0.717, 1.165) is 18.2 Å². The molecular formula is C13H21N3O3Si. The van der Waals surface area contributed by atoms with Crippen LogP contribution in [0.15, 0.2) is 12.4 Å². The predicted molar refractivity (Wildman–Crippen MR) is 78.8 cm³/mol. The maximum Gasteiger partial charge on any atom is 0.339 e. The van der Waals surface area contributed by atoms with E-state index in [1.807, 2.05) is 6.20 Å². The van der Waals surface area contributed by atoms with Gasteiger partial charge in [-0.15, -0.1) is 0 Å². The lowest BCUT2D eigenvalue weighted by molar-refractivity contribution is -0.130. The summed E-state index contributed by atoms with van der Waals surface area (Å²) < 4.78 is 7.28. The Balaban J connectivity index is 1.96. The van der Waals surface area contributed by atoms with Crippen molar-refractivity contribution < 1.29 is 14.6 Å². The van der Waals surface area contributed by atoms with Crippen LogP contribution in [-0.2, 0) is 22.8 Å². The van der Waals surface area contributed by atoms with E-state index in [0.29, 0.717) is 19.0 Å². The summed E-state index contributed by atoms with van der Waals surface area (Å²) in [5, 5.41) is 16.4. The van der Waals surface area contributed by atoms with E-state index < -0.39 is 14.0 Å². The monoisotopic (exact) mass is 295 g/mol. The second-order valence-electron chi connectivity index (χ2n) is 6.13. The number of fused-ring (bicyclic) bond motifs is 1. The number of rotatable bonds is 6. The average molecular weight is 295 g/mol. The predicted octanol–water partition coefficient (Wildman–Crippen LogP) is 1.72. The standard InChI is InChI=1S/C13H21N3O3Si/c1-20(2,3)5-4-19-9-16-8-10-6-14-7-11(13(17)18)12(10)15-16/h7-8,14H,4-6,9H2,1-3H3,(H,17,18). The van der Waals surface area contributed by atoms with Crippen LogP contribution in [0.2, 0.25) is 25.7 Å². The van der Waals surface area contributed by atoms with Crippen LogP contribution in [0.5, 0.6) is 0 Å². The molecule has 7 heteroatoms. The Morgan fingerprint density at radius 1 is 1.55 bits per heavy atom. The molecular weight excluding hydrogens is 274 g/mol. The Labute approximate surface area is 119 Å². The zero-order valence-corrected chi connectivity index (χ0v) is 13.1. The van der Waals surface area contributed by atoms with Crippen LogP contribution >= 0.6 is 0 Å². The number of hydrogen-bond donors (Lipinski definition) is 2. The Morgan fingerprint density at radius 3 is 2.95 bits per heavy atom. The van der Waals surface area contributed by atoms with Gasteiger partial charge in [0.25, 0.3) is 0 Å². The molecule has 0 aromatic carbocycles. The highest BCUT2D eigenvalue weighted by Crippen LogP contribution is 2.21. The van der Waals surface area contributed by atoms with E-state index in [2.05, 4.69) is 30.1 Å². The van der Waals surface area contributed by atoms with Gasteiger partial charge >= 0.3 is 5.97 Å².